The second kappa shape index (κ2) is 32.2. The van der Waals surface area contributed by atoms with Crippen molar-refractivity contribution in [2.24, 2.45) is 5.92 Å². The molecule has 0 aliphatic carbocycles. The Balaban J connectivity index is 3.64. The fourth-order valence-corrected chi connectivity index (χ4v) is 4.57. The SMILES string of the molecule is CCCCC[C@@H](O)/C=C/C=C\C/C=C\C/C=C\CCCC(=O)OC[C@@H](O)COC(=O)CCCCCCCCCCC(C)CC. The van der Waals surface area contributed by atoms with Crippen LogP contribution in [0.15, 0.2) is 48.6 Å². The lowest BCUT2D eigenvalue weighted by molar-refractivity contribution is -0.152. The van der Waals surface area contributed by atoms with E-state index in [0.29, 0.717) is 12.8 Å². The lowest BCUT2D eigenvalue weighted by atomic mass is 9.99. The van der Waals surface area contributed by atoms with E-state index in [1.165, 1.54) is 51.4 Å². The molecule has 0 aliphatic heterocycles. The number of unbranched alkanes of at least 4 members (excludes halogenated alkanes) is 10. The molecule has 6 heteroatoms. The second-order valence-corrected chi connectivity index (χ2v) is 12.1. The summed E-state index contributed by atoms with van der Waals surface area (Å²) >= 11 is 0. The summed E-state index contributed by atoms with van der Waals surface area (Å²) in [6.07, 6.45) is 34.9. The summed E-state index contributed by atoms with van der Waals surface area (Å²) in [5, 5.41) is 19.8. The maximum atomic E-state index is 11.9. The van der Waals surface area contributed by atoms with Gasteiger partial charge in [0.15, 0.2) is 0 Å². The summed E-state index contributed by atoms with van der Waals surface area (Å²) in [5.74, 6) is 0.192. The van der Waals surface area contributed by atoms with Gasteiger partial charge in [-0.05, 0) is 44.4 Å². The Morgan fingerprint density at radius 3 is 1.82 bits per heavy atom. The van der Waals surface area contributed by atoms with Crippen LogP contribution in [0, 0.1) is 5.92 Å². The number of aliphatic hydroxyl groups is 2. The van der Waals surface area contributed by atoms with Crippen molar-refractivity contribution in [3.8, 4) is 0 Å². The molecule has 0 heterocycles. The third-order valence-corrected chi connectivity index (χ3v) is 7.71. The van der Waals surface area contributed by atoms with Gasteiger partial charge in [-0.1, -0.05) is 146 Å². The third-order valence-electron chi connectivity index (χ3n) is 7.71. The molecule has 0 rings (SSSR count). The normalized spacial score (nSPS) is 14.2. The zero-order valence-electron chi connectivity index (χ0n) is 28.4. The van der Waals surface area contributed by atoms with Gasteiger partial charge in [0.2, 0.25) is 0 Å². The number of carbonyl (C=O) groups is 2. The highest BCUT2D eigenvalue weighted by molar-refractivity contribution is 5.69. The summed E-state index contributed by atoms with van der Waals surface area (Å²) in [4.78, 5) is 23.8. The molecule has 0 fully saturated rings. The number of hydrogen-bond donors (Lipinski definition) is 2. The Bertz CT molecular complexity index is 784. The van der Waals surface area contributed by atoms with Crippen molar-refractivity contribution in [1.29, 1.82) is 0 Å². The standard InChI is InChI=1S/C38H66O6/c1-4-6-22-28-35(39)29-24-19-15-10-8-7-9-11-16-20-25-30-37(41)43-32-36(40)33-44-38(42)31-26-21-17-13-12-14-18-23-27-34(3)5-2/h7-8,11,15-16,19,24,29,34-36,39-40H,4-6,9-10,12-14,17-18,20-23,25-28,30-33H2,1-3H3/b8-7-,16-11-,19-15-,29-24+/t34?,35-,36-/m1/s1. The molecular formula is C38H66O6. The fourth-order valence-electron chi connectivity index (χ4n) is 4.57. The molecular weight excluding hydrogens is 552 g/mol. The quantitative estimate of drug-likeness (QED) is 0.0360. The molecule has 0 amide bonds. The molecule has 3 atom stereocenters. The van der Waals surface area contributed by atoms with E-state index < -0.39 is 6.10 Å². The Hall–Kier alpha value is -2.18. The van der Waals surface area contributed by atoms with Gasteiger partial charge in [0.1, 0.15) is 19.3 Å². The van der Waals surface area contributed by atoms with Crippen molar-refractivity contribution in [2.45, 2.75) is 161 Å². The first kappa shape index (κ1) is 41.8. The van der Waals surface area contributed by atoms with Gasteiger partial charge >= 0.3 is 11.9 Å². The summed E-state index contributed by atoms with van der Waals surface area (Å²) in [7, 11) is 0. The number of aliphatic hydroxyl groups excluding tert-OH is 2. The van der Waals surface area contributed by atoms with Gasteiger partial charge < -0.3 is 19.7 Å². The van der Waals surface area contributed by atoms with Crippen LogP contribution >= 0.6 is 0 Å². The van der Waals surface area contributed by atoms with Crippen molar-refractivity contribution in [3.05, 3.63) is 48.6 Å². The van der Waals surface area contributed by atoms with Crippen LogP contribution in [0.25, 0.3) is 0 Å². The predicted molar refractivity (Wildman–Crippen MR) is 183 cm³/mol. The van der Waals surface area contributed by atoms with E-state index in [9.17, 15) is 19.8 Å². The van der Waals surface area contributed by atoms with Crippen LogP contribution in [0.5, 0.6) is 0 Å². The molecule has 0 radical (unpaired) electrons. The van der Waals surface area contributed by atoms with Crippen LogP contribution in [0.2, 0.25) is 0 Å². The highest BCUT2D eigenvalue weighted by Crippen LogP contribution is 2.15. The van der Waals surface area contributed by atoms with E-state index in [1.54, 1.807) is 0 Å². The molecule has 0 saturated carbocycles. The van der Waals surface area contributed by atoms with E-state index in [2.05, 4.69) is 51.2 Å². The van der Waals surface area contributed by atoms with Crippen molar-refractivity contribution in [2.75, 3.05) is 13.2 Å². The Labute approximate surface area is 270 Å². The van der Waals surface area contributed by atoms with Crippen molar-refractivity contribution in [3.63, 3.8) is 0 Å². The van der Waals surface area contributed by atoms with Crippen LogP contribution < -0.4 is 0 Å². The molecule has 2 N–H and O–H groups in total. The Kier molecular flexibility index (Phi) is 30.6. The van der Waals surface area contributed by atoms with Gasteiger partial charge in [-0.25, -0.2) is 0 Å². The fraction of sp³-hybridized carbons (Fsp3) is 0.737. The first-order valence-electron chi connectivity index (χ1n) is 17.7. The van der Waals surface area contributed by atoms with Crippen LogP contribution in [-0.2, 0) is 19.1 Å². The van der Waals surface area contributed by atoms with E-state index in [1.807, 2.05) is 18.2 Å². The summed E-state index contributed by atoms with van der Waals surface area (Å²) < 4.78 is 10.2. The summed E-state index contributed by atoms with van der Waals surface area (Å²) in [6, 6.07) is 0. The van der Waals surface area contributed by atoms with Crippen molar-refractivity contribution < 1.29 is 29.3 Å². The predicted octanol–water partition coefficient (Wildman–Crippen LogP) is 9.50. The lowest BCUT2D eigenvalue weighted by Crippen LogP contribution is -2.25. The van der Waals surface area contributed by atoms with Gasteiger partial charge in [-0.15, -0.1) is 0 Å². The molecule has 0 aromatic heterocycles. The molecule has 0 aromatic carbocycles. The van der Waals surface area contributed by atoms with Gasteiger partial charge in [0.05, 0.1) is 6.10 Å². The van der Waals surface area contributed by atoms with E-state index in [4.69, 9.17) is 9.47 Å². The topological polar surface area (TPSA) is 93.1 Å². The van der Waals surface area contributed by atoms with Crippen molar-refractivity contribution >= 4 is 11.9 Å². The average molecular weight is 619 g/mol. The van der Waals surface area contributed by atoms with Crippen molar-refractivity contribution in [1.82, 2.24) is 0 Å². The van der Waals surface area contributed by atoms with Crippen LogP contribution in [-0.4, -0.2) is 47.6 Å². The van der Waals surface area contributed by atoms with E-state index >= 15 is 0 Å². The molecule has 0 bridgehead atoms. The highest BCUT2D eigenvalue weighted by Gasteiger charge is 2.12. The molecule has 0 spiro atoms. The van der Waals surface area contributed by atoms with Crippen LogP contribution in [0.1, 0.15) is 149 Å². The lowest BCUT2D eigenvalue weighted by Gasteiger charge is -2.12. The zero-order chi connectivity index (χ0) is 32.5. The van der Waals surface area contributed by atoms with E-state index in [0.717, 1.165) is 63.7 Å². The number of hydrogen-bond acceptors (Lipinski definition) is 6. The monoisotopic (exact) mass is 618 g/mol. The third kappa shape index (κ3) is 31.3. The second-order valence-electron chi connectivity index (χ2n) is 12.1. The van der Waals surface area contributed by atoms with Crippen LogP contribution in [0.3, 0.4) is 0 Å². The number of carbonyl (C=O) groups excluding carboxylic acids is 2. The van der Waals surface area contributed by atoms with Gasteiger partial charge in [0.25, 0.3) is 0 Å². The first-order chi connectivity index (χ1) is 21.4. The van der Waals surface area contributed by atoms with Gasteiger partial charge in [0, 0.05) is 12.8 Å². The first-order valence-corrected chi connectivity index (χ1v) is 17.7. The average Bonchev–Trinajstić information content (AvgIpc) is 3.01. The molecule has 0 saturated heterocycles. The number of rotatable bonds is 30. The molecule has 6 nitrogen and oxygen atoms in total. The smallest absolute Gasteiger partial charge is 0.305 e. The molecule has 44 heavy (non-hydrogen) atoms. The minimum atomic E-state index is -0.997. The number of esters is 2. The number of allylic oxidation sites excluding steroid dienone is 7. The molecule has 0 aliphatic rings. The Morgan fingerprint density at radius 1 is 0.636 bits per heavy atom. The maximum Gasteiger partial charge on any atom is 0.305 e. The maximum absolute atomic E-state index is 11.9. The van der Waals surface area contributed by atoms with Crippen LogP contribution in [0.4, 0.5) is 0 Å². The van der Waals surface area contributed by atoms with Gasteiger partial charge in [-0.3, -0.25) is 9.59 Å². The van der Waals surface area contributed by atoms with Gasteiger partial charge in [-0.2, -0.15) is 0 Å². The Morgan fingerprint density at radius 2 is 1.18 bits per heavy atom. The molecule has 254 valence electrons. The minimum Gasteiger partial charge on any atom is -0.463 e. The summed E-state index contributed by atoms with van der Waals surface area (Å²) in [5.41, 5.74) is 0. The number of ether oxygens (including phenoxy) is 2. The molecule has 0 aromatic rings. The zero-order valence-corrected chi connectivity index (χ0v) is 28.4. The minimum absolute atomic E-state index is 0.145. The molecule has 1 unspecified atom stereocenters. The highest BCUT2D eigenvalue weighted by atomic mass is 16.6. The van der Waals surface area contributed by atoms with E-state index in [-0.39, 0.29) is 37.7 Å². The largest absolute Gasteiger partial charge is 0.463 e. The summed E-state index contributed by atoms with van der Waals surface area (Å²) in [6.45, 7) is 6.44.